The minimum Gasteiger partial charge on any atom is -0.394 e. The van der Waals surface area contributed by atoms with Gasteiger partial charge in [-0.05, 0) is 51.4 Å². The topological polar surface area (TPSA) is 29.5 Å². The molecule has 0 aromatic heterocycles. The van der Waals surface area contributed by atoms with E-state index >= 15 is 0 Å². The van der Waals surface area contributed by atoms with E-state index < -0.39 is 0 Å². The van der Waals surface area contributed by atoms with Crippen LogP contribution in [0.25, 0.3) is 0 Å². The predicted octanol–water partition coefficient (Wildman–Crippen LogP) is 6.14. The number of rotatable bonds is 17. The van der Waals surface area contributed by atoms with Gasteiger partial charge in [-0.25, -0.2) is 0 Å². The lowest BCUT2D eigenvalue weighted by Gasteiger charge is -1.99. The molecule has 0 unspecified atom stereocenters. The zero-order chi connectivity index (χ0) is 17.6. The Bertz CT molecular complexity index is 340. The summed E-state index contributed by atoms with van der Waals surface area (Å²) in [5, 5.41) is 8.57. The molecule has 0 radical (unpaired) electrons. The molecular weight excluding hydrogens is 296 g/mol. The van der Waals surface area contributed by atoms with Gasteiger partial charge in [-0.1, -0.05) is 68.4 Å². The number of allylic oxidation sites excluding steroid dienone is 8. The predicted molar refractivity (Wildman–Crippen MR) is 106 cm³/mol. The van der Waals surface area contributed by atoms with Crippen molar-refractivity contribution in [3.05, 3.63) is 48.6 Å². The molecule has 0 aliphatic heterocycles. The lowest BCUT2D eigenvalue weighted by molar-refractivity contribution is 0.0900. The van der Waals surface area contributed by atoms with Crippen LogP contribution in [0.4, 0.5) is 0 Å². The van der Waals surface area contributed by atoms with Gasteiger partial charge in [0.2, 0.25) is 0 Å². The highest BCUT2D eigenvalue weighted by Crippen LogP contribution is 2.01. The second-order valence-electron chi connectivity index (χ2n) is 5.92. The van der Waals surface area contributed by atoms with E-state index in [1.807, 2.05) is 0 Å². The van der Waals surface area contributed by atoms with E-state index in [0.29, 0.717) is 6.61 Å². The Labute approximate surface area is 150 Å². The van der Waals surface area contributed by atoms with Crippen LogP contribution in [-0.2, 0) is 4.74 Å². The fourth-order valence-corrected chi connectivity index (χ4v) is 2.19. The maximum absolute atomic E-state index is 8.57. The molecule has 138 valence electrons. The molecule has 0 heterocycles. The van der Waals surface area contributed by atoms with Crippen LogP contribution >= 0.6 is 0 Å². The summed E-state index contributed by atoms with van der Waals surface area (Å²) in [5.41, 5.74) is 0. The molecule has 0 saturated heterocycles. The Morgan fingerprint density at radius 2 is 1.12 bits per heavy atom. The molecule has 0 saturated carbocycles. The summed E-state index contributed by atoms with van der Waals surface area (Å²) in [7, 11) is 0. The number of aliphatic hydroxyl groups excluding tert-OH is 1. The minimum absolute atomic E-state index is 0.122. The van der Waals surface area contributed by atoms with Crippen LogP contribution < -0.4 is 0 Å². The lowest BCUT2D eigenvalue weighted by atomic mass is 10.2. The summed E-state index contributed by atoms with van der Waals surface area (Å²) in [6.45, 7) is 3.59. The molecule has 2 heteroatoms. The highest BCUT2D eigenvalue weighted by Gasteiger charge is 1.87. The van der Waals surface area contributed by atoms with Crippen molar-refractivity contribution in [2.24, 2.45) is 0 Å². The van der Waals surface area contributed by atoms with Crippen LogP contribution in [0.5, 0.6) is 0 Å². The number of aliphatic hydroxyl groups is 1. The maximum atomic E-state index is 8.57. The van der Waals surface area contributed by atoms with Gasteiger partial charge in [-0.3, -0.25) is 0 Å². The van der Waals surface area contributed by atoms with Crippen molar-refractivity contribution < 1.29 is 9.84 Å². The zero-order valence-electron chi connectivity index (χ0n) is 15.7. The lowest BCUT2D eigenvalue weighted by Crippen LogP contribution is -2.00. The van der Waals surface area contributed by atoms with Crippen molar-refractivity contribution in [3.8, 4) is 0 Å². The van der Waals surface area contributed by atoms with Gasteiger partial charge in [0.15, 0.2) is 0 Å². The van der Waals surface area contributed by atoms with Gasteiger partial charge in [0, 0.05) is 6.61 Å². The fraction of sp³-hybridized carbons (Fsp3) is 0.636. The van der Waals surface area contributed by atoms with E-state index in [1.54, 1.807) is 0 Å². The van der Waals surface area contributed by atoms with Gasteiger partial charge >= 0.3 is 0 Å². The van der Waals surface area contributed by atoms with Crippen LogP contribution in [0, 0.1) is 0 Å². The molecule has 0 rings (SSSR count). The normalized spacial score (nSPS) is 12.6. The van der Waals surface area contributed by atoms with Gasteiger partial charge < -0.3 is 9.84 Å². The first-order valence-electron chi connectivity index (χ1n) is 9.70. The molecule has 0 aliphatic rings. The molecule has 0 aromatic rings. The molecular formula is C22H38O2. The number of unbranched alkanes of at least 4 members (excludes halogenated alkanes) is 5. The van der Waals surface area contributed by atoms with Crippen molar-refractivity contribution >= 4 is 0 Å². The van der Waals surface area contributed by atoms with E-state index in [9.17, 15) is 0 Å². The number of hydrogen-bond acceptors (Lipinski definition) is 2. The minimum atomic E-state index is 0.122. The Morgan fingerprint density at radius 1 is 0.625 bits per heavy atom. The van der Waals surface area contributed by atoms with Crippen molar-refractivity contribution in [1.82, 2.24) is 0 Å². The van der Waals surface area contributed by atoms with E-state index in [-0.39, 0.29) is 6.61 Å². The average molecular weight is 335 g/mol. The molecule has 2 nitrogen and oxygen atoms in total. The largest absolute Gasteiger partial charge is 0.394 e. The van der Waals surface area contributed by atoms with E-state index in [2.05, 4.69) is 55.5 Å². The van der Waals surface area contributed by atoms with Gasteiger partial charge in [0.25, 0.3) is 0 Å². The third-order valence-electron chi connectivity index (χ3n) is 3.60. The molecule has 0 bridgehead atoms. The summed E-state index contributed by atoms with van der Waals surface area (Å²) < 4.78 is 5.22. The van der Waals surface area contributed by atoms with Gasteiger partial charge in [-0.2, -0.15) is 0 Å². The van der Waals surface area contributed by atoms with Crippen molar-refractivity contribution in [2.45, 2.75) is 71.1 Å². The molecule has 0 atom stereocenters. The highest BCUT2D eigenvalue weighted by atomic mass is 16.5. The van der Waals surface area contributed by atoms with Crippen molar-refractivity contribution in [1.29, 1.82) is 0 Å². The van der Waals surface area contributed by atoms with Crippen LogP contribution in [0.1, 0.15) is 71.1 Å². The van der Waals surface area contributed by atoms with E-state index in [0.717, 1.165) is 45.1 Å². The standard InChI is InChI=1S/C22H38O2/c1-2-3-4-5-6-7-8-9-10-11-12-13-14-15-16-17-18-19-21-24-22-20-23/h6-7,9-10,12-13,15-16,23H,2-5,8,11,14,17-22H2,1H3/b7-6-,10-9-,13-12-,16-15-. The molecule has 0 spiro atoms. The molecule has 0 aromatic carbocycles. The summed E-state index contributed by atoms with van der Waals surface area (Å²) in [4.78, 5) is 0. The summed E-state index contributed by atoms with van der Waals surface area (Å²) >= 11 is 0. The number of hydrogen-bond donors (Lipinski definition) is 1. The van der Waals surface area contributed by atoms with Gasteiger partial charge in [-0.15, -0.1) is 0 Å². The van der Waals surface area contributed by atoms with Crippen molar-refractivity contribution in [2.75, 3.05) is 19.8 Å². The van der Waals surface area contributed by atoms with Crippen LogP contribution in [0.2, 0.25) is 0 Å². The summed E-state index contributed by atoms with van der Waals surface area (Å²) in [6, 6.07) is 0. The average Bonchev–Trinajstić information content (AvgIpc) is 2.60. The summed E-state index contributed by atoms with van der Waals surface area (Å²) in [6.07, 6.45) is 29.6. The second-order valence-corrected chi connectivity index (χ2v) is 5.92. The SMILES string of the molecule is CCCCC/C=C\C/C=C\C/C=C\C/C=C\CCCCOCCO. The third-order valence-corrected chi connectivity index (χ3v) is 3.60. The van der Waals surface area contributed by atoms with Crippen LogP contribution in [0.15, 0.2) is 48.6 Å². The van der Waals surface area contributed by atoms with Gasteiger partial charge in [0.1, 0.15) is 0 Å². The second kappa shape index (κ2) is 21.9. The first kappa shape index (κ1) is 22.9. The Hall–Kier alpha value is -1.12. The van der Waals surface area contributed by atoms with E-state index in [1.165, 1.54) is 25.7 Å². The first-order chi connectivity index (χ1) is 11.9. The van der Waals surface area contributed by atoms with E-state index in [4.69, 9.17) is 9.84 Å². The summed E-state index contributed by atoms with van der Waals surface area (Å²) in [5.74, 6) is 0. The molecule has 0 fully saturated rings. The maximum Gasteiger partial charge on any atom is 0.0697 e. The first-order valence-corrected chi connectivity index (χ1v) is 9.70. The fourth-order valence-electron chi connectivity index (χ4n) is 2.19. The molecule has 0 amide bonds. The third kappa shape index (κ3) is 20.9. The van der Waals surface area contributed by atoms with Crippen LogP contribution in [0.3, 0.4) is 0 Å². The monoisotopic (exact) mass is 334 g/mol. The quantitative estimate of drug-likeness (QED) is 0.256. The zero-order valence-corrected chi connectivity index (χ0v) is 15.7. The van der Waals surface area contributed by atoms with Crippen molar-refractivity contribution in [3.63, 3.8) is 0 Å². The number of ether oxygens (including phenoxy) is 1. The molecule has 24 heavy (non-hydrogen) atoms. The Morgan fingerprint density at radius 3 is 1.62 bits per heavy atom. The highest BCUT2D eigenvalue weighted by molar-refractivity contribution is 4.99. The van der Waals surface area contributed by atoms with Crippen LogP contribution in [-0.4, -0.2) is 24.9 Å². The van der Waals surface area contributed by atoms with Gasteiger partial charge in [0.05, 0.1) is 13.2 Å². The Balaban J connectivity index is 3.33. The smallest absolute Gasteiger partial charge is 0.0697 e. The Kier molecular flexibility index (Phi) is 20.9. The molecule has 1 N–H and O–H groups in total. The molecule has 0 aliphatic carbocycles.